The maximum absolute atomic E-state index is 11.5. The SMILES string of the molecule is O=c1[nH]c2nc(N3CCC(O)CC3)ccc2c(=O)o1. The molecule has 1 saturated heterocycles. The third-order valence-corrected chi connectivity index (χ3v) is 3.29. The van der Waals surface area contributed by atoms with Gasteiger partial charge in [0.15, 0.2) is 5.65 Å². The van der Waals surface area contributed by atoms with Gasteiger partial charge in [-0.2, -0.15) is 0 Å². The first-order chi connectivity index (χ1) is 9.13. The minimum atomic E-state index is -0.809. The molecule has 0 aliphatic carbocycles. The van der Waals surface area contributed by atoms with Gasteiger partial charge in [0.05, 0.1) is 6.10 Å². The topological polar surface area (TPSA) is 99.4 Å². The van der Waals surface area contributed by atoms with Crippen LogP contribution in [0.5, 0.6) is 0 Å². The lowest BCUT2D eigenvalue weighted by Crippen LogP contribution is -2.36. The quantitative estimate of drug-likeness (QED) is 0.741. The number of H-pyrrole nitrogens is 1. The van der Waals surface area contributed by atoms with Crippen LogP contribution in [0.1, 0.15) is 12.8 Å². The van der Waals surface area contributed by atoms with Gasteiger partial charge in [-0.25, -0.2) is 14.6 Å². The van der Waals surface area contributed by atoms with Gasteiger partial charge in [-0.05, 0) is 25.0 Å². The summed E-state index contributed by atoms with van der Waals surface area (Å²) >= 11 is 0. The fourth-order valence-corrected chi connectivity index (χ4v) is 2.24. The predicted octanol–water partition coefficient (Wildman–Crippen LogP) is -0.163. The molecule has 3 heterocycles. The van der Waals surface area contributed by atoms with Crippen LogP contribution in [0.15, 0.2) is 26.1 Å². The number of aromatic amines is 1. The van der Waals surface area contributed by atoms with E-state index in [4.69, 9.17) is 0 Å². The molecule has 0 aromatic carbocycles. The Balaban J connectivity index is 2.02. The van der Waals surface area contributed by atoms with Crippen LogP contribution in [0.25, 0.3) is 11.0 Å². The Morgan fingerprint density at radius 3 is 2.79 bits per heavy atom. The first-order valence-corrected chi connectivity index (χ1v) is 6.11. The molecule has 0 atom stereocenters. The van der Waals surface area contributed by atoms with Crippen molar-refractivity contribution in [2.75, 3.05) is 18.0 Å². The van der Waals surface area contributed by atoms with E-state index in [0.717, 1.165) is 0 Å². The number of aromatic nitrogens is 2. The van der Waals surface area contributed by atoms with Crippen LogP contribution >= 0.6 is 0 Å². The standard InChI is InChI=1S/C12H13N3O4/c16-7-3-5-15(6-4-7)9-2-1-8-10(13-9)14-12(18)19-11(8)17/h1-2,7,16H,3-6H2,(H,13,14,18). The molecule has 2 N–H and O–H groups in total. The number of aliphatic hydroxyl groups is 1. The molecule has 19 heavy (non-hydrogen) atoms. The van der Waals surface area contributed by atoms with Crippen LogP contribution in [0, 0.1) is 0 Å². The monoisotopic (exact) mass is 263 g/mol. The molecular formula is C12H13N3O4. The van der Waals surface area contributed by atoms with Gasteiger partial charge in [0.1, 0.15) is 11.2 Å². The zero-order valence-corrected chi connectivity index (χ0v) is 10.1. The van der Waals surface area contributed by atoms with Crippen molar-refractivity contribution in [1.82, 2.24) is 9.97 Å². The van der Waals surface area contributed by atoms with Crippen molar-refractivity contribution in [3.05, 3.63) is 33.1 Å². The third kappa shape index (κ3) is 2.24. The number of hydrogen-bond donors (Lipinski definition) is 2. The van der Waals surface area contributed by atoms with E-state index in [1.807, 2.05) is 4.90 Å². The van der Waals surface area contributed by atoms with Crippen molar-refractivity contribution in [3.63, 3.8) is 0 Å². The van der Waals surface area contributed by atoms with Gasteiger partial charge < -0.3 is 14.4 Å². The lowest BCUT2D eigenvalue weighted by molar-refractivity contribution is 0.145. The van der Waals surface area contributed by atoms with Gasteiger partial charge in [-0.1, -0.05) is 0 Å². The lowest BCUT2D eigenvalue weighted by Gasteiger charge is -2.30. The predicted molar refractivity (Wildman–Crippen MR) is 68.4 cm³/mol. The largest absolute Gasteiger partial charge is 0.420 e. The van der Waals surface area contributed by atoms with Gasteiger partial charge >= 0.3 is 11.4 Å². The van der Waals surface area contributed by atoms with E-state index >= 15 is 0 Å². The number of pyridine rings is 1. The molecule has 0 unspecified atom stereocenters. The minimum absolute atomic E-state index is 0.227. The number of hydrogen-bond acceptors (Lipinski definition) is 6. The highest BCUT2D eigenvalue weighted by Crippen LogP contribution is 2.19. The van der Waals surface area contributed by atoms with Crippen molar-refractivity contribution in [1.29, 1.82) is 0 Å². The molecule has 100 valence electrons. The van der Waals surface area contributed by atoms with E-state index in [0.29, 0.717) is 31.7 Å². The number of nitrogens with zero attached hydrogens (tertiary/aromatic N) is 2. The van der Waals surface area contributed by atoms with E-state index in [1.165, 1.54) is 0 Å². The Morgan fingerprint density at radius 2 is 2.05 bits per heavy atom. The number of piperidine rings is 1. The van der Waals surface area contributed by atoms with E-state index in [1.54, 1.807) is 12.1 Å². The summed E-state index contributed by atoms with van der Waals surface area (Å²) in [4.78, 5) is 31.3. The molecule has 3 rings (SSSR count). The van der Waals surface area contributed by atoms with Crippen LogP contribution in [-0.2, 0) is 0 Å². The average molecular weight is 263 g/mol. The number of nitrogens with one attached hydrogen (secondary N) is 1. The van der Waals surface area contributed by atoms with Gasteiger partial charge in [0.25, 0.3) is 0 Å². The van der Waals surface area contributed by atoms with Crippen molar-refractivity contribution < 1.29 is 9.52 Å². The molecule has 0 radical (unpaired) electrons. The van der Waals surface area contributed by atoms with Crippen LogP contribution in [-0.4, -0.2) is 34.3 Å². The summed E-state index contributed by atoms with van der Waals surface area (Å²) in [5.74, 6) is -0.128. The van der Waals surface area contributed by atoms with Gasteiger partial charge in [0, 0.05) is 13.1 Å². The molecule has 1 fully saturated rings. The average Bonchev–Trinajstić information content (AvgIpc) is 2.38. The summed E-state index contributed by atoms with van der Waals surface area (Å²) < 4.78 is 4.44. The van der Waals surface area contributed by atoms with Gasteiger partial charge in [-0.15, -0.1) is 0 Å². The molecule has 0 bridgehead atoms. The summed E-state index contributed by atoms with van der Waals surface area (Å²) in [5, 5.41) is 9.72. The maximum Gasteiger partial charge on any atom is 0.420 e. The maximum atomic E-state index is 11.5. The molecule has 7 nitrogen and oxygen atoms in total. The first kappa shape index (κ1) is 11.9. The number of fused-ring (bicyclic) bond motifs is 1. The highest BCUT2D eigenvalue weighted by molar-refractivity contribution is 5.74. The second kappa shape index (κ2) is 4.51. The Kier molecular flexibility index (Phi) is 2.83. The molecule has 1 aliphatic rings. The summed E-state index contributed by atoms with van der Waals surface area (Å²) in [6, 6.07) is 3.31. The molecule has 1 aliphatic heterocycles. The zero-order valence-electron chi connectivity index (χ0n) is 10.1. The second-order valence-electron chi connectivity index (χ2n) is 4.59. The highest BCUT2D eigenvalue weighted by Gasteiger charge is 2.18. The normalized spacial score (nSPS) is 17.0. The second-order valence-corrected chi connectivity index (χ2v) is 4.59. The van der Waals surface area contributed by atoms with E-state index in [2.05, 4.69) is 14.4 Å². The van der Waals surface area contributed by atoms with E-state index in [9.17, 15) is 14.7 Å². The number of anilines is 1. The van der Waals surface area contributed by atoms with Crippen LogP contribution < -0.4 is 16.3 Å². The molecule has 7 heteroatoms. The third-order valence-electron chi connectivity index (χ3n) is 3.29. The summed E-state index contributed by atoms with van der Waals surface area (Å²) in [6.45, 7) is 1.40. The van der Waals surface area contributed by atoms with Crippen molar-refractivity contribution in [2.24, 2.45) is 0 Å². The van der Waals surface area contributed by atoms with Gasteiger partial charge in [0.2, 0.25) is 0 Å². The zero-order chi connectivity index (χ0) is 13.4. The van der Waals surface area contributed by atoms with Gasteiger partial charge in [-0.3, -0.25) is 4.98 Å². The van der Waals surface area contributed by atoms with E-state index < -0.39 is 11.4 Å². The smallest absolute Gasteiger partial charge is 0.393 e. The molecular weight excluding hydrogens is 250 g/mol. The first-order valence-electron chi connectivity index (χ1n) is 6.11. The van der Waals surface area contributed by atoms with Crippen LogP contribution in [0.2, 0.25) is 0 Å². The highest BCUT2D eigenvalue weighted by atomic mass is 16.4. The Bertz CT molecular complexity index is 713. The van der Waals surface area contributed by atoms with Crippen molar-refractivity contribution in [2.45, 2.75) is 18.9 Å². The molecule has 2 aromatic heterocycles. The Hall–Kier alpha value is -2.15. The van der Waals surface area contributed by atoms with Crippen LogP contribution in [0.4, 0.5) is 5.82 Å². The van der Waals surface area contributed by atoms with Crippen LogP contribution in [0.3, 0.4) is 0 Å². The molecule has 0 saturated carbocycles. The Morgan fingerprint density at radius 1 is 1.32 bits per heavy atom. The van der Waals surface area contributed by atoms with Crippen molar-refractivity contribution >= 4 is 16.9 Å². The number of rotatable bonds is 1. The minimum Gasteiger partial charge on any atom is -0.393 e. The summed E-state index contributed by atoms with van der Waals surface area (Å²) in [7, 11) is 0. The lowest BCUT2D eigenvalue weighted by atomic mass is 10.1. The van der Waals surface area contributed by atoms with Crippen molar-refractivity contribution in [3.8, 4) is 0 Å². The fraction of sp³-hybridized carbons (Fsp3) is 0.417. The summed E-state index contributed by atoms with van der Waals surface area (Å²) in [6.07, 6.45) is 1.11. The molecule has 0 amide bonds. The molecule has 2 aromatic rings. The fourth-order valence-electron chi connectivity index (χ4n) is 2.24. The Labute approximate surface area is 107 Å². The van der Waals surface area contributed by atoms with E-state index in [-0.39, 0.29) is 17.1 Å². The summed E-state index contributed by atoms with van der Waals surface area (Å²) in [5.41, 5.74) is -0.461. The number of aliphatic hydroxyl groups excluding tert-OH is 1. The molecule has 0 spiro atoms.